The summed E-state index contributed by atoms with van der Waals surface area (Å²) in [7, 11) is 0. The Morgan fingerprint density at radius 1 is 1.38 bits per heavy atom. The van der Waals surface area contributed by atoms with Gasteiger partial charge in [0.25, 0.3) is 0 Å². The molecule has 0 aliphatic carbocycles. The molecular formula is C11H7F2N3. The minimum Gasteiger partial charge on any atom is -0.303 e. The summed E-state index contributed by atoms with van der Waals surface area (Å²) in [6, 6.07) is 6.06. The lowest BCUT2D eigenvalue weighted by molar-refractivity contribution is 0.573. The molecule has 0 amide bonds. The molecule has 0 saturated carbocycles. The van der Waals surface area contributed by atoms with E-state index < -0.39 is 11.6 Å². The van der Waals surface area contributed by atoms with Gasteiger partial charge in [-0.05, 0) is 18.2 Å². The number of rotatable bonds is 1. The van der Waals surface area contributed by atoms with Crippen LogP contribution in [0.4, 0.5) is 8.78 Å². The first kappa shape index (κ1) is 10.3. The third kappa shape index (κ3) is 1.77. The predicted molar refractivity (Wildman–Crippen MR) is 54.8 cm³/mol. The number of benzene rings is 1. The number of hydrogen-bond donors (Lipinski definition) is 1. The van der Waals surface area contributed by atoms with Crippen LogP contribution in [0.5, 0.6) is 0 Å². The highest BCUT2D eigenvalue weighted by Gasteiger charge is 2.14. The molecule has 1 aromatic rings. The Morgan fingerprint density at radius 2 is 2.19 bits per heavy atom. The fourth-order valence-electron chi connectivity index (χ4n) is 1.39. The molecule has 0 atom stereocenters. The van der Waals surface area contributed by atoms with Gasteiger partial charge in [-0.2, -0.15) is 10.4 Å². The van der Waals surface area contributed by atoms with Crippen LogP contribution in [0, 0.1) is 17.1 Å². The van der Waals surface area contributed by atoms with E-state index >= 15 is 0 Å². The third-order valence-electron chi connectivity index (χ3n) is 2.14. The van der Waals surface area contributed by atoms with E-state index in [2.05, 4.69) is 10.5 Å². The van der Waals surface area contributed by atoms with Gasteiger partial charge in [0.05, 0.1) is 17.8 Å². The number of allylic oxidation sites excluding steroid dienone is 1. The molecular weight excluding hydrogens is 212 g/mol. The van der Waals surface area contributed by atoms with Gasteiger partial charge in [0.15, 0.2) is 0 Å². The molecule has 1 N–H and O–H groups in total. The average molecular weight is 219 g/mol. The summed E-state index contributed by atoms with van der Waals surface area (Å²) in [5.74, 6) is -1.11. The van der Waals surface area contributed by atoms with Gasteiger partial charge >= 0.3 is 0 Å². The van der Waals surface area contributed by atoms with Gasteiger partial charge in [-0.25, -0.2) is 8.78 Å². The molecule has 1 aliphatic rings. The maximum absolute atomic E-state index is 13.7. The van der Waals surface area contributed by atoms with Crippen LogP contribution in [-0.4, -0.2) is 12.3 Å². The SMILES string of the molecule is N#Cc1cccc(C2=NNCC(F)=C2)c1F. The van der Waals surface area contributed by atoms with Crippen LogP contribution in [0.2, 0.25) is 0 Å². The summed E-state index contributed by atoms with van der Waals surface area (Å²) in [6.45, 7) is 0.00304. The molecule has 0 unspecified atom stereocenters. The number of hydrogen-bond acceptors (Lipinski definition) is 3. The minimum absolute atomic E-state index is 0.00304. The van der Waals surface area contributed by atoms with E-state index in [1.807, 2.05) is 0 Å². The number of hydrazone groups is 1. The fraction of sp³-hybridized carbons (Fsp3) is 0.0909. The van der Waals surface area contributed by atoms with Crippen molar-refractivity contribution in [2.45, 2.75) is 0 Å². The maximum Gasteiger partial charge on any atom is 0.150 e. The van der Waals surface area contributed by atoms with Gasteiger partial charge in [0, 0.05) is 5.56 Å². The number of nitriles is 1. The fourth-order valence-corrected chi connectivity index (χ4v) is 1.39. The molecule has 0 bridgehead atoms. The topological polar surface area (TPSA) is 48.2 Å². The lowest BCUT2D eigenvalue weighted by Crippen LogP contribution is -2.18. The van der Waals surface area contributed by atoms with Gasteiger partial charge in [0.2, 0.25) is 0 Å². The molecule has 0 saturated heterocycles. The van der Waals surface area contributed by atoms with Crippen molar-refractivity contribution in [2.75, 3.05) is 6.54 Å². The minimum atomic E-state index is -0.684. The number of halogens is 2. The second-order valence-electron chi connectivity index (χ2n) is 3.20. The van der Waals surface area contributed by atoms with Crippen molar-refractivity contribution in [1.29, 1.82) is 5.26 Å². The average Bonchev–Trinajstić information content (AvgIpc) is 2.29. The maximum atomic E-state index is 13.7. The van der Waals surface area contributed by atoms with E-state index in [-0.39, 0.29) is 23.4 Å². The van der Waals surface area contributed by atoms with Crippen molar-refractivity contribution in [3.05, 3.63) is 47.0 Å². The third-order valence-corrected chi connectivity index (χ3v) is 2.14. The van der Waals surface area contributed by atoms with Crippen molar-refractivity contribution in [1.82, 2.24) is 5.43 Å². The Balaban J connectivity index is 2.50. The first-order valence-electron chi connectivity index (χ1n) is 4.58. The number of nitrogens with zero attached hydrogens (tertiary/aromatic N) is 2. The number of nitrogens with one attached hydrogen (secondary N) is 1. The smallest absolute Gasteiger partial charge is 0.150 e. The van der Waals surface area contributed by atoms with Gasteiger partial charge in [-0.1, -0.05) is 6.07 Å². The van der Waals surface area contributed by atoms with Crippen LogP contribution in [0.25, 0.3) is 0 Å². The Bertz CT molecular complexity index is 527. The van der Waals surface area contributed by atoms with Crippen LogP contribution in [0.1, 0.15) is 11.1 Å². The largest absolute Gasteiger partial charge is 0.303 e. The summed E-state index contributed by atoms with van der Waals surface area (Å²) < 4.78 is 26.7. The van der Waals surface area contributed by atoms with Crippen LogP contribution in [0.3, 0.4) is 0 Å². The van der Waals surface area contributed by atoms with Gasteiger partial charge in [-0.15, -0.1) is 0 Å². The summed E-state index contributed by atoms with van der Waals surface area (Å²) in [4.78, 5) is 0. The summed E-state index contributed by atoms with van der Waals surface area (Å²) >= 11 is 0. The van der Waals surface area contributed by atoms with E-state index in [9.17, 15) is 8.78 Å². The zero-order valence-corrected chi connectivity index (χ0v) is 8.17. The van der Waals surface area contributed by atoms with Crippen molar-refractivity contribution in [2.24, 2.45) is 5.10 Å². The van der Waals surface area contributed by atoms with Gasteiger partial charge in [-0.3, -0.25) is 0 Å². The first-order valence-corrected chi connectivity index (χ1v) is 4.58. The zero-order valence-electron chi connectivity index (χ0n) is 8.17. The Hall–Kier alpha value is -2.22. The predicted octanol–water partition coefficient (Wildman–Crippen LogP) is 1.86. The normalized spacial score (nSPS) is 14.6. The molecule has 1 aliphatic heterocycles. The standard InChI is InChI=1S/C11H7F2N3/c12-8-4-10(16-15-6-8)9-3-1-2-7(5-14)11(9)13/h1-4,15H,6H2. The van der Waals surface area contributed by atoms with Crippen LogP contribution in [-0.2, 0) is 0 Å². The second kappa shape index (κ2) is 4.11. The van der Waals surface area contributed by atoms with Gasteiger partial charge < -0.3 is 5.43 Å². The Kier molecular flexibility index (Phi) is 2.64. The lowest BCUT2D eigenvalue weighted by Gasteiger charge is -2.10. The molecule has 5 heteroatoms. The summed E-state index contributed by atoms with van der Waals surface area (Å²) in [6.07, 6.45) is 1.15. The second-order valence-corrected chi connectivity index (χ2v) is 3.20. The van der Waals surface area contributed by atoms with Crippen molar-refractivity contribution in [3.63, 3.8) is 0 Å². The molecule has 1 heterocycles. The molecule has 0 radical (unpaired) electrons. The highest BCUT2D eigenvalue weighted by Crippen LogP contribution is 2.16. The van der Waals surface area contributed by atoms with Gasteiger partial charge in [0.1, 0.15) is 17.7 Å². The molecule has 80 valence electrons. The van der Waals surface area contributed by atoms with Crippen LogP contribution >= 0.6 is 0 Å². The highest BCUT2D eigenvalue weighted by atomic mass is 19.1. The molecule has 3 nitrogen and oxygen atoms in total. The highest BCUT2D eigenvalue weighted by molar-refractivity contribution is 6.09. The van der Waals surface area contributed by atoms with E-state index in [1.165, 1.54) is 18.2 Å². The Labute approximate surface area is 90.7 Å². The molecule has 1 aromatic carbocycles. The Morgan fingerprint density at radius 3 is 2.88 bits per heavy atom. The molecule has 16 heavy (non-hydrogen) atoms. The molecule has 0 spiro atoms. The van der Waals surface area contributed by atoms with Crippen LogP contribution < -0.4 is 5.43 Å². The van der Waals surface area contributed by atoms with E-state index in [0.717, 1.165) is 6.08 Å². The van der Waals surface area contributed by atoms with E-state index in [0.29, 0.717) is 0 Å². The zero-order chi connectivity index (χ0) is 11.5. The monoisotopic (exact) mass is 219 g/mol. The van der Waals surface area contributed by atoms with Crippen LogP contribution in [0.15, 0.2) is 35.2 Å². The summed E-state index contributed by atoms with van der Waals surface area (Å²) in [5.41, 5.74) is 2.62. The lowest BCUT2D eigenvalue weighted by atomic mass is 10.0. The van der Waals surface area contributed by atoms with E-state index in [4.69, 9.17) is 5.26 Å². The first-order chi connectivity index (χ1) is 7.72. The molecule has 0 aromatic heterocycles. The van der Waals surface area contributed by atoms with E-state index in [1.54, 1.807) is 6.07 Å². The quantitative estimate of drug-likeness (QED) is 0.783. The van der Waals surface area contributed by atoms with Crippen molar-refractivity contribution >= 4 is 5.71 Å². The summed E-state index contributed by atoms with van der Waals surface area (Å²) in [5, 5.41) is 12.4. The van der Waals surface area contributed by atoms with Crippen molar-refractivity contribution in [3.8, 4) is 6.07 Å². The molecule has 0 fully saturated rings. The molecule has 2 rings (SSSR count). The van der Waals surface area contributed by atoms with Crippen molar-refractivity contribution < 1.29 is 8.78 Å².